The van der Waals surface area contributed by atoms with Gasteiger partial charge in [-0.2, -0.15) is 0 Å². The predicted molar refractivity (Wildman–Crippen MR) is 70.1 cm³/mol. The van der Waals surface area contributed by atoms with Crippen LogP contribution >= 0.6 is 0 Å². The van der Waals surface area contributed by atoms with Crippen LogP contribution in [0.25, 0.3) is 0 Å². The summed E-state index contributed by atoms with van der Waals surface area (Å²) in [5.41, 5.74) is 7.25. The normalized spacial score (nSPS) is 25.8. The molecule has 0 radical (unpaired) electrons. The topological polar surface area (TPSA) is 38.5 Å². The van der Waals surface area contributed by atoms with E-state index in [4.69, 9.17) is 10.5 Å². The molecule has 1 saturated heterocycles. The zero-order chi connectivity index (χ0) is 12.3. The van der Waals surface area contributed by atoms with Crippen LogP contribution in [0, 0.1) is 5.92 Å². The Hall–Kier alpha value is -1.06. The minimum absolute atomic E-state index is 0.458. The van der Waals surface area contributed by atoms with Crippen molar-refractivity contribution in [3.05, 3.63) is 29.8 Å². The molecule has 3 heteroatoms. The van der Waals surface area contributed by atoms with Crippen molar-refractivity contribution in [2.24, 2.45) is 11.7 Å². The summed E-state index contributed by atoms with van der Waals surface area (Å²) in [7, 11) is 3.89. The summed E-state index contributed by atoms with van der Waals surface area (Å²) in [6.07, 6.45) is 2.49. The number of likely N-dealkylation sites (tertiary alicyclic amines) is 1. The molecule has 1 aliphatic rings. The predicted octanol–water partition coefficient (Wildman–Crippen LogP) is 2.04. The van der Waals surface area contributed by atoms with Gasteiger partial charge in [0.25, 0.3) is 0 Å². The van der Waals surface area contributed by atoms with E-state index in [0.717, 1.165) is 18.8 Å². The largest absolute Gasteiger partial charge is 0.497 e. The average molecular weight is 234 g/mol. The molecule has 0 bridgehead atoms. The van der Waals surface area contributed by atoms with E-state index in [9.17, 15) is 0 Å². The van der Waals surface area contributed by atoms with E-state index >= 15 is 0 Å². The first-order valence-corrected chi connectivity index (χ1v) is 6.30. The van der Waals surface area contributed by atoms with Crippen LogP contribution in [0.15, 0.2) is 24.3 Å². The lowest BCUT2D eigenvalue weighted by atomic mass is 9.85. The Morgan fingerprint density at radius 3 is 2.65 bits per heavy atom. The van der Waals surface area contributed by atoms with Gasteiger partial charge in [0.2, 0.25) is 0 Å². The lowest BCUT2D eigenvalue weighted by Crippen LogP contribution is -2.39. The summed E-state index contributed by atoms with van der Waals surface area (Å²) in [6.45, 7) is 1.92. The van der Waals surface area contributed by atoms with Gasteiger partial charge in [-0.25, -0.2) is 0 Å². The number of piperidine rings is 1. The number of nitrogens with zero attached hydrogens (tertiary/aromatic N) is 1. The molecular formula is C14H22N2O. The first-order chi connectivity index (χ1) is 8.26. The van der Waals surface area contributed by atoms with Crippen molar-refractivity contribution in [2.75, 3.05) is 27.2 Å². The van der Waals surface area contributed by atoms with Gasteiger partial charge in [-0.05, 0) is 56.6 Å². The Morgan fingerprint density at radius 2 is 2.06 bits per heavy atom. The van der Waals surface area contributed by atoms with Crippen molar-refractivity contribution in [1.29, 1.82) is 0 Å². The second kappa shape index (κ2) is 5.52. The molecule has 2 atom stereocenters. The van der Waals surface area contributed by atoms with E-state index in [0.29, 0.717) is 12.0 Å². The van der Waals surface area contributed by atoms with Crippen LogP contribution in [0.5, 0.6) is 5.75 Å². The molecule has 2 rings (SSSR count). The minimum atomic E-state index is 0.458. The second-order valence-electron chi connectivity index (χ2n) is 4.84. The number of hydrogen-bond acceptors (Lipinski definition) is 3. The average Bonchev–Trinajstić information content (AvgIpc) is 2.38. The van der Waals surface area contributed by atoms with Gasteiger partial charge in [0.15, 0.2) is 0 Å². The summed E-state index contributed by atoms with van der Waals surface area (Å²) < 4.78 is 5.20. The highest BCUT2D eigenvalue weighted by Crippen LogP contribution is 2.34. The van der Waals surface area contributed by atoms with Crippen molar-refractivity contribution in [2.45, 2.75) is 18.9 Å². The SMILES string of the molecule is COc1ccc([C@H]2[C@@H](CN)CCCN2C)cc1. The smallest absolute Gasteiger partial charge is 0.118 e. The van der Waals surface area contributed by atoms with Gasteiger partial charge in [0, 0.05) is 6.04 Å². The highest BCUT2D eigenvalue weighted by Gasteiger charge is 2.29. The third kappa shape index (κ3) is 2.61. The van der Waals surface area contributed by atoms with Crippen LogP contribution in [-0.2, 0) is 0 Å². The van der Waals surface area contributed by atoms with Gasteiger partial charge >= 0.3 is 0 Å². The van der Waals surface area contributed by atoms with Gasteiger partial charge in [0.05, 0.1) is 7.11 Å². The number of nitrogens with two attached hydrogens (primary N) is 1. The Balaban J connectivity index is 2.21. The number of ether oxygens (including phenoxy) is 1. The Labute approximate surface area is 104 Å². The van der Waals surface area contributed by atoms with E-state index in [1.807, 2.05) is 12.1 Å². The van der Waals surface area contributed by atoms with Gasteiger partial charge in [-0.3, -0.25) is 4.90 Å². The third-order valence-electron chi connectivity index (χ3n) is 3.77. The lowest BCUT2D eigenvalue weighted by Gasteiger charge is -2.39. The van der Waals surface area contributed by atoms with Crippen LogP contribution in [0.1, 0.15) is 24.4 Å². The quantitative estimate of drug-likeness (QED) is 0.869. The molecular weight excluding hydrogens is 212 g/mol. The Morgan fingerprint density at radius 1 is 1.35 bits per heavy atom. The van der Waals surface area contributed by atoms with Crippen LogP contribution < -0.4 is 10.5 Å². The summed E-state index contributed by atoms with van der Waals surface area (Å²) in [6, 6.07) is 8.85. The van der Waals surface area contributed by atoms with Crippen LogP contribution in [-0.4, -0.2) is 32.1 Å². The van der Waals surface area contributed by atoms with E-state index in [1.54, 1.807) is 7.11 Å². The standard InChI is InChI=1S/C14H22N2O/c1-16-9-3-4-12(10-15)14(16)11-5-7-13(17-2)8-6-11/h5-8,12,14H,3-4,9-10,15H2,1-2H3/t12-,14+/m1/s1. The lowest BCUT2D eigenvalue weighted by molar-refractivity contribution is 0.125. The summed E-state index contributed by atoms with van der Waals surface area (Å²) in [4.78, 5) is 2.42. The van der Waals surface area contributed by atoms with Crippen molar-refractivity contribution in [3.63, 3.8) is 0 Å². The molecule has 1 aromatic carbocycles. The zero-order valence-electron chi connectivity index (χ0n) is 10.7. The molecule has 3 nitrogen and oxygen atoms in total. The molecule has 17 heavy (non-hydrogen) atoms. The molecule has 2 N–H and O–H groups in total. The first kappa shape index (κ1) is 12.4. The van der Waals surface area contributed by atoms with E-state index in [2.05, 4.69) is 24.1 Å². The monoisotopic (exact) mass is 234 g/mol. The molecule has 0 aromatic heterocycles. The fourth-order valence-electron chi connectivity index (χ4n) is 2.83. The molecule has 0 saturated carbocycles. The maximum absolute atomic E-state index is 5.90. The minimum Gasteiger partial charge on any atom is -0.497 e. The number of hydrogen-bond donors (Lipinski definition) is 1. The maximum atomic E-state index is 5.90. The van der Waals surface area contributed by atoms with Gasteiger partial charge < -0.3 is 10.5 Å². The number of methoxy groups -OCH3 is 1. The number of rotatable bonds is 3. The molecule has 1 fully saturated rings. The number of benzene rings is 1. The van der Waals surface area contributed by atoms with Gasteiger partial charge in [-0.1, -0.05) is 12.1 Å². The molecule has 1 aliphatic heterocycles. The van der Waals surface area contributed by atoms with E-state index in [1.165, 1.54) is 18.4 Å². The van der Waals surface area contributed by atoms with E-state index in [-0.39, 0.29) is 0 Å². The Bertz CT molecular complexity index is 350. The molecule has 94 valence electrons. The van der Waals surface area contributed by atoms with Gasteiger partial charge in [0.1, 0.15) is 5.75 Å². The van der Waals surface area contributed by atoms with Crippen molar-refractivity contribution in [1.82, 2.24) is 4.90 Å². The van der Waals surface area contributed by atoms with Crippen LogP contribution in [0.2, 0.25) is 0 Å². The van der Waals surface area contributed by atoms with Crippen LogP contribution in [0.3, 0.4) is 0 Å². The highest BCUT2D eigenvalue weighted by atomic mass is 16.5. The maximum Gasteiger partial charge on any atom is 0.118 e. The molecule has 0 unspecified atom stereocenters. The highest BCUT2D eigenvalue weighted by molar-refractivity contribution is 5.29. The summed E-state index contributed by atoms with van der Waals surface area (Å²) in [5, 5.41) is 0. The fourth-order valence-corrected chi connectivity index (χ4v) is 2.83. The molecule has 0 amide bonds. The third-order valence-corrected chi connectivity index (χ3v) is 3.77. The van der Waals surface area contributed by atoms with Crippen molar-refractivity contribution < 1.29 is 4.74 Å². The Kier molecular flexibility index (Phi) is 4.02. The van der Waals surface area contributed by atoms with Crippen LogP contribution in [0.4, 0.5) is 0 Å². The van der Waals surface area contributed by atoms with E-state index < -0.39 is 0 Å². The van der Waals surface area contributed by atoms with Crippen molar-refractivity contribution in [3.8, 4) is 5.75 Å². The summed E-state index contributed by atoms with van der Waals surface area (Å²) >= 11 is 0. The molecule has 1 aromatic rings. The van der Waals surface area contributed by atoms with Gasteiger partial charge in [-0.15, -0.1) is 0 Å². The summed E-state index contributed by atoms with van der Waals surface area (Å²) in [5.74, 6) is 1.48. The first-order valence-electron chi connectivity index (χ1n) is 6.30. The van der Waals surface area contributed by atoms with Crippen molar-refractivity contribution >= 4 is 0 Å². The zero-order valence-corrected chi connectivity index (χ0v) is 10.7. The molecule has 1 heterocycles. The second-order valence-corrected chi connectivity index (χ2v) is 4.84. The molecule has 0 spiro atoms. The fraction of sp³-hybridized carbons (Fsp3) is 0.571. The molecule has 0 aliphatic carbocycles.